The van der Waals surface area contributed by atoms with Gasteiger partial charge in [0.2, 0.25) is 5.88 Å². The van der Waals surface area contributed by atoms with Crippen LogP contribution in [0.5, 0.6) is 11.6 Å². The fourth-order valence-electron chi connectivity index (χ4n) is 3.06. The Balaban J connectivity index is 1.45. The summed E-state index contributed by atoms with van der Waals surface area (Å²) in [7, 11) is 3.47. The SMILES string of the molecule is COc1c(CNc2nnc([C@@H]3Cc4ccccc4O3)o2)c(C)nn1C. The molecule has 3 heterocycles. The maximum atomic E-state index is 5.87. The van der Waals surface area contributed by atoms with Crippen molar-refractivity contribution >= 4 is 6.01 Å². The molecule has 0 unspecified atom stereocenters. The molecule has 0 bridgehead atoms. The Labute approximate surface area is 144 Å². The number of nitrogens with zero attached hydrogens (tertiary/aromatic N) is 4. The lowest BCUT2D eigenvalue weighted by atomic mass is 10.1. The van der Waals surface area contributed by atoms with E-state index in [2.05, 4.69) is 20.6 Å². The first-order valence-electron chi connectivity index (χ1n) is 8.04. The summed E-state index contributed by atoms with van der Waals surface area (Å²) in [4.78, 5) is 0. The van der Waals surface area contributed by atoms with Crippen molar-refractivity contribution in [3.63, 3.8) is 0 Å². The minimum atomic E-state index is -0.241. The zero-order valence-electron chi connectivity index (χ0n) is 14.3. The first-order chi connectivity index (χ1) is 12.2. The third-order valence-corrected chi connectivity index (χ3v) is 4.26. The number of benzene rings is 1. The van der Waals surface area contributed by atoms with Crippen LogP contribution in [-0.2, 0) is 20.0 Å². The van der Waals surface area contributed by atoms with E-state index in [4.69, 9.17) is 13.9 Å². The minimum Gasteiger partial charge on any atom is -0.481 e. The maximum absolute atomic E-state index is 5.87. The van der Waals surface area contributed by atoms with Gasteiger partial charge in [0.15, 0.2) is 6.10 Å². The molecule has 1 atom stereocenters. The van der Waals surface area contributed by atoms with Crippen LogP contribution >= 0.6 is 0 Å². The van der Waals surface area contributed by atoms with Gasteiger partial charge in [-0.25, -0.2) is 4.68 Å². The maximum Gasteiger partial charge on any atom is 0.315 e. The van der Waals surface area contributed by atoms with Gasteiger partial charge < -0.3 is 19.2 Å². The normalized spacial score (nSPS) is 15.7. The van der Waals surface area contributed by atoms with Gasteiger partial charge in [-0.2, -0.15) is 5.10 Å². The molecular weight excluding hydrogens is 322 g/mol. The molecule has 0 amide bonds. The number of aryl methyl sites for hydroxylation is 2. The molecule has 1 aromatic carbocycles. The number of fused-ring (bicyclic) bond motifs is 1. The van der Waals surface area contributed by atoms with Gasteiger partial charge in [-0.15, -0.1) is 5.10 Å². The highest BCUT2D eigenvalue weighted by molar-refractivity contribution is 5.38. The summed E-state index contributed by atoms with van der Waals surface area (Å²) in [5.41, 5.74) is 2.99. The van der Waals surface area contributed by atoms with Crippen LogP contribution in [0.15, 0.2) is 28.7 Å². The van der Waals surface area contributed by atoms with Crippen LogP contribution in [0.25, 0.3) is 0 Å². The lowest BCUT2D eigenvalue weighted by molar-refractivity contribution is 0.199. The van der Waals surface area contributed by atoms with Gasteiger partial charge in [0.1, 0.15) is 5.75 Å². The first-order valence-corrected chi connectivity index (χ1v) is 8.04. The van der Waals surface area contributed by atoms with Gasteiger partial charge >= 0.3 is 6.01 Å². The second-order valence-electron chi connectivity index (χ2n) is 5.91. The highest BCUT2D eigenvalue weighted by atomic mass is 16.5. The minimum absolute atomic E-state index is 0.241. The topological polar surface area (TPSA) is 87.2 Å². The van der Waals surface area contributed by atoms with Crippen molar-refractivity contribution < 1.29 is 13.9 Å². The van der Waals surface area contributed by atoms with E-state index in [0.717, 1.165) is 29.0 Å². The van der Waals surface area contributed by atoms with Crippen molar-refractivity contribution in [2.24, 2.45) is 7.05 Å². The van der Waals surface area contributed by atoms with Crippen molar-refractivity contribution in [1.82, 2.24) is 20.0 Å². The molecule has 25 heavy (non-hydrogen) atoms. The third-order valence-electron chi connectivity index (χ3n) is 4.26. The Hall–Kier alpha value is -3.03. The quantitative estimate of drug-likeness (QED) is 0.762. The number of rotatable bonds is 5. The summed E-state index contributed by atoms with van der Waals surface area (Å²) in [6.07, 6.45) is 0.489. The van der Waals surface area contributed by atoms with E-state index in [1.807, 2.05) is 38.2 Å². The molecule has 1 N–H and O–H groups in total. The van der Waals surface area contributed by atoms with Gasteiger partial charge in [-0.1, -0.05) is 23.3 Å². The molecule has 2 aromatic heterocycles. The summed E-state index contributed by atoms with van der Waals surface area (Å²) in [6, 6.07) is 8.28. The van der Waals surface area contributed by atoms with Gasteiger partial charge in [0.25, 0.3) is 5.89 Å². The van der Waals surface area contributed by atoms with Crippen molar-refractivity contribution in [2.75, 3.05) is 12.4 Å². The van der Waals surface area contributed by atoms with Crippen molar-refractivity contribution in [2.45, 2.75) is 26.0 Å². The average molecular weight is 341 g/mol. The van der Waals surface area contributed by atoms with Gasteiger partial charge in [0.05, 0.1) is 24.9 Å². The summed E-state index contributed by atoms with van der Waals surface area (Å²) in [5.74, 6) is 2.05. The Morgan fingerprint density at radius 2 is 2.16 bits per heavy atom. The second-order valence-corrected chi connectivity index (χ2v) is 5.91. The molecule has 8 heteroatoms. The zero-order valence-corrected chi connectivity index (χ0v) is 14.3. The highest BCUT2D eigenvalue weighted by Crippen LogP contribution is 2.36. The van der Waals surface area contributed by atoms with Crippen LogP contribution in [0.1, 0.15) is 28.8 Å². The molecule has 0 saturated carbocycles. The number of para-hydroxylation sites is 1. The molecular formula is C17H19N5O3. The van der Waals surface area contributed by atoms with Crippen LogP contribution in [0.3, 0.4) is 0 Å². The Morgan fingerprint density at radius 1 is 1.32 bits per heavy atom. The number of nitrogens with one attached hydrogen (secondary N) is 1. The number of aromatic nitrogens is 4. The molecule has 0 aliphatic carbocycles. The molecule has 0 saturated heterocycles. The average Bonchev–Trinajstić information content (AvgIpc) is 3.29. The van der Waals surface area contributed by atoms with Gasteiger partial charge in [-0.3, -0.25) is 0 Å². The van der Waals surface area contributed by atoms with Crippen molar-refractivity contribution in [1.29, 1.82) is 0 Å². The summed E-state index contributed by atoms with van der Waals surface area (Å²) in [6.45, 7) is 2.42. The lowest BCUT2D eigenvalue weighted by Gasteiger charge is -2.06. The van der Waals surface area contributed by atoms with Crippen LogP contribution < -0.4 is 14.8 Å². The zero-order chi connectivity index (χ0) is 17.4. The van der Waals surface area contributed by atoms with Gasteiger partial charge in [-0.05, 0) is 18.6 Å². The third kappa shape index (κ3) is 2.79. The Bertz CT molecular complexity index is 877. The van der Waals surface area contributed by atoms with Crippen LogP contribution in [0.2, 0.25) is 0 Å². The summed E-state index contributed by atoms with van der Waals surface area (Å²) < 4.78 is 18.7. The number of hydrogen-bond donors (Lipinski definition) is 1. The Morgan fingerprint density at radius 3 is 2.96 bits per heavy atom. The van der Waals surface area contributed by atoms with Gasteiger partial charge in [0, 0.05) is 13.5 Å². The fourth-order valence-corrected chi connectivity index (χ4v) is 3.06. The van der Waals surface area contributed by atoms with E-state index in [9.17, 15) is 0 Å². The summed E-state index contributed by atoms with van der Waals surface area (Å²) in [5, 5.41) is 15.6. The lowest BCUT2D eigenvalue weighted by Crippen LogP contribution is -2.04. The number of anilines is 1. The van der Waals surface area contributed by atoms with Crippen LogP contribution in [-0.4, -0.2) is 27.1 Å². The fraction of sp³-hybridized carbons (Fsp3) is 0.353. The van der Waals surface area contributed by atoms with Crippen molar-refractivity contribution in [3.8, 4) is 11.6 Å². The molecule has 1 aliphatic rings. The monoisotopic (exact) mass is 341 g/mol. The predicted molar refractivity (Wildman–Crippen MR) is 89.6 cm³/mol. The molecule has 130 valence electrons. The molecule has 1 aliphatic heterocycles. The van der Waals surface area contributed by atoms with E-state index in [1.165, 1.54) is 0 Å². The number of methoxy groups -OCH3 is 1. The molecule has 3 aromatic rings. The molecule has 0 fully saturated rings. The largest absolute Gasteiger partial charge is 0.481 e. The smallest absolute Gasteiger partial charge is 0.315 e. The van der Waals surface area contributed by atoms with E-state index >= 15 is 0 Å². The van der Waals surface area contributed by atoms with E-state index in [0.29, 0.717) is 24.3 Å². The molecule has 4 rings (SSSR count). The van der Waals surface area contributed by atoms with E-state index in [1.54, 1.807) is 11.8 Å². The molecule has 0 radical (unpaired) electrons. The Kier molecular flexibility index (Phi) is 3.79. The van der Waals surface area contributed by atoms with E-state index < -0.39 is 0 Å². The highest BCUT2D eigenvalue weighted by Gasteiger charge is 2.28. The second kappa shape index (κ2) is 6.12. The number of ether oxygens (including phenoxy) is 2. The molecule has 8 nitrogen and oxygen atoms in total. The van der Waals surface area contributed by atoms with Crippen molar-refractivity contribution in [3.05, 3.63) is 47.0 Å². The first kappa shape index (κ1) is 15.5. The van der Waals surface area contributed by atoms with Crippen LogP contribution in [0.4, 0.5) is 6.01 Å². The number of hydrogen-bond acceptors (Lipinski definition) is 7. The van der Waals surface area contributed by atoms with E-state index in [-0.39, 0.29) is 6.10 Å². The predicted octanol–water partition coefficient (Wildman–Crippen LogP) is 2.41. The molecule has 0 spiro atoms. The van der Waals surface area contributed by atoms with Crippen LogP contribution in [0, 0.1) is 6.92 Å². The summed E-state index contributed by atoms with van der Waals surface area (Å²) >= 11 is 0. The standard InChI is InChI=1S/C17H19N5O3/c1-10-12(16(23-3)22(2)21-10)9-18-17-20-19-15(25-17)14-8-11-6-4-5-7-13(11)24-14/h4-7,14H,8-9H2,1-3H3,(H,18,20)/t14-/m0/s1.